The summed E-state index contributed by atoms with van der Waals surface area (Å²) in [5.74, 6) is 1.26. The zero-order chi connectivity index (χ0) is 18.7. The minimum absolute atomic E-state index is 0.00987. The number of phenols is 1. The van der Waals surface area contributed by atoms with E-state index in [1.165, 1.54) is 26.4 Å². The van der Waals surface area contributed by atoms with Gasteiger partial charge in [-0.15, -0.1) is 0 Å². The number of hydrogen-bond donors (Lipinski definition) is 1. The molecule has 0 fully saturated rings. The van der Waals surface area contributed by atoms with Gasteiger partial charge in [-0.3, -0.25) is 9.00 Å². The standard InChI is InChI=1S/C19H18O6S/c1-23-16-6-4-12(9-15(16)21)3-5-14(20)13-10-18-19(11-17(13)24-2)26(22)8-7-25-18/h3-6,9-11,21H,7-8H2,1-2H3. The predicted octanol–water partition coefficient (Wildman–Crippen LogP) is 2.81. The SMILES string of the molecule is COc1ccc(C=CC(=O)c2cc3c(cc2OC)S(=O)CCO3)cc1O. The number of rotatable bonds is 5. The third kappa shape index (κ3) is 3.57. The van der Waals surface area contributed by atoms with Crippen LogP contribution in [0.25, 0.3) is 6.08 Å². The van der Waals surface area contributed by atoms with E-state index in [0.717, 1.165) is 0 Å². The molecule has 0 aliphatic carbocycles. The average molecular weight is 374 g/mol. The highest BCUT2D eigenvalue weighted by Gasteiger charge is 2.22. The first kappa shape index (κ1) is 18.0. The van der Waals surface area contributed by atoms with E-state index in [2.05, 4.69) is 0 Å². The number of aromatic hydroxyl groups is 1. The highest BCUT2D eigenvalue weighted by Crippen LogP contribution is 2.34. The Morgan fingerprint density at radius 1 is 1.19 bits per heavy atom. The maximum absolute atomic E-state index is 12.6. The monoisotopic (exact) mass is 374 g/mol. The van der Waals surface area contributed by atoms with Crippen molar-refractivity contribution in [3.8, 4) is 23.0 Å². The number of phenolic OH excluding ortho intramolecular Hbond substituents is 1. The summed E-state index contributed by atoms with van der Waals surface area (Å²) < 4.78 is 27.9. The van der Waals surface area contributed by atoms with Gasteiger partial charge in [-0.1, -0.05) is 12.1 Å². The number of ketones is 1. The second-order valence-electron chi connectivity index (χ2n) is 5.53. The van der Waals surface area contributed by atoms with E-state index >= 15 is 0 Å². The number of fused-ring (bicyclic) bond motifs is 1. The largest absolute Gasteiger partial charge is 0.504 e. The Kier molecular flexibility index (Phi) is 5.27. The highest BCUT2D eigenvalue weighted by molar-refractivity contribution is 7.85. The van der Waals surface area contributed by atoms with Gasteiger partial charge in [0.15, 0.2) is 17.3 Å². The van der Waals surface area contributed by atoms with Gasteiger partial charge in [0.1, 0.15) is 18.1 Å². The summed E-state index contributed by atoms with van der Waals surface area (Å²) in [4.78, 5) is 13.1. The fourth-order valence-corrected chi connectivity index (χ4v) is 3.64. The van der Waals surface area contributed by atoms with Crippen LogP contribution in [0.2, 0.25) is 0 Å². The van der Waals surface area contributed by atoms with Gasteiger partial charge in [0.25, 0.3) is 0 Å². The van der Waals surface area contributed by atoms with Crippen LogP contribution >= 0.6 is 0 Å². The predicted molar refractivity (Wildman–Crippen MR) is 97.8 cm³/mol. The van der Waals surface area contributed by atoms with Gasteiger partial charge in [-0.25, -0.2) is 0 Å². The molecule has 0 bridgehead atoms. The van der Waals surface area contributed by atoms with Crippen molar-refractivity contribution >= 4 is 22.7 Å². The molecule has 2 aromatic rings. The number of carbonyl (C=O) groups is 1. The molecule has 3 rings (SSSR count). The van der Waals surface area contributed by atoms with Gasteiger partial charge in [0.05, 0.1) is 41.2 Å². The lowest BCUT2D eigenvalue weighted by atomic mass is 10.1. The van der Waals surface area contributed by atoms with Crippen LogP contribution in [0.5, 0.6) is 23.0 Å². The van der Waals surface area contributed by atoms with Crippen molar-refractivity contribution in [2.75, 3.05) is 26.6 Å². The van der Waals surface area contributed by atoms with Crippen LogP contribution in [0.4, 0.5) is 0 Å². The van der Waals surface area contributed by atoms with Crippen LogP contribution in [0.3, 0.4) is 0 Å². The molecule has 1 atom stereocenters. The third-order valence-electron chi connectivity index (χ3n) is 3.93. The van der Waals surface area contributed by atoms with E-state index in [4.69, 9.17) is 14.2 Å². The van der Waals surface area contributed by atoms with Crippen LogP contribution in [0.15, 0.2) is 41.3 Å². The van der Waals surface area contributed by atoms with Crippen LogP contribution < -0.4 is 14.2 Å². The lowest BCUT2D eigenvalue weighted by Crippen LogP contribution is -2.17. The van der Waals surface area contributed by atoms with Crippen molar-refractivity contribution in [1.29, 1.82) is 0 Å². The van der Waals surface area contributed by atoms with Gasteiger partial charge in [0.2, 0.25) is 0 Å². The summed E-state index contributed by atoms with van der Waals surface area (Å²) in [7, 11) is 1.76. The maximum Gasteiger partial charge on any atom is 0.189 e. The van der Waals surface area contributed by atoms with Crippen molar-refractivity contribution in [2.45, 2.75) is 4.90 Å². The first-order valence-electron chi connectivity index (χ1n) is 7.86. The van der Waals surface area contributed by atoms with Crippen LogP contribution in [0, 0.1) is 0 Å². The van der Waals surface area contributed by atoms with Crippen LogP contribution in [-0.4, -0.2) is 41.7 Å². The van der Waals surface area contributed by atoms with Gasteiger partial charge in [0, 0.05) is 6.07 Å². The molecule has 1 N–H and O–H groups in total. The fraction of sp³-hybridized carbons (Fsp3) is 0.211. The molecule has 6 nitrogen and oxygen atoms in total. The summed E-state index contributed by atoms with van der Waals surface area (Å²) >= 11 is 0. The molecule has 2 aromatic carbocycles. The van der Waals surface area contributed by atoms with Crippen molar-refractivity contribution < 1.29 is 28.3 Å². The van der Waals surface area contributed by atoms with Gasteiger partial charge >= 0.3 is 0 Å². The summed E-state index contributed by atoms with van der Waals surface area (Å²) in [6, 6.07) is 7.98. The summed E-state index contributed by atoms with van der Waals surface area (Å²) in [6.45, 7) is 0.348. The van der Waals surface area contributed by atoms with Crippen molar-refractivity contribution in [3.05, 3.63) is 47.5 Å². The molecule has 0 amide bonds. The number of benzene rings is 2. The maximum atomic E-state index is 12.6. The van der Waals surface area contributed by atoms with Crippen molar-refractivity contribution in [1.82, 2.24) is 0 Å². The van der Waals surface area contributed by atoms with Gasteiger partial charge in [-0.2, -0.15) is 0 Å². The fourth-order valence-electron chi connectivity index (χ4n) is 2.60. The second-order valence-corrected chi connectivity index (χ2v) is 7.07. The molecule has 7 heteroatoms. The summed E-state index contributed by atoms with van der Waals surface area (Å²) in [5, 5.41) is 9.80. The lowest BCUT2D eigenvalue weighted by molar-refractivity contribution is 0.104. The first-order valence-corrected chi connectivity index (χ1v) is 9.18. The van der Waals surface area contributed by atoms with Crippen LogP contribution in [0.1, 0.15) is 15.9 Å². The quantitative estimate of drug-likeness (QED) is 0.640. The minimum atomic E-state index is -1.16. The molecule has 0 saturated carbocycles. The molecule has 0 radical (unpaired) electrons. The Labute approximate surface area is 153 Å². The van der Waals surface area contributed by atoms with E-state index in [9.17, 15) is 14.1 Å². The Morgan fingerprint density at radius 2 is 1.96 bits per heavy atom. The number of carbonyl (C=O) groups excluding carboxylic acids is 1. The van der Waals surface area contributed by atoms with Gasteiger partial charge in [-0.05, 0) is 29.8 Å². The molecular formula is C19H18O6S. The van der Waals surface area contributed by atoms with E-state index in [1.807, 2.05) is 0 Å². The molecule has 1 heterocycles. The second kappa shape index (κ2) is 7.61. The normalized spacial score (nSPS) is 16.0. The number of ether oxygens (including phenoxy) is 3. The minimum Gasteiger partial charge on any atom is -0.504 e. The van der Waals surface area contributed by atoms with Gasteiger partial charge < -0.3 is 19.3 Å². The van der Waals surface area contributed by atoms with Crippen molar-refractivity contribution in [2.24, 2.45) is 0 Å². The highest BCUT2D eigenvalue weighted by atomic mass is 32.2. The van der Waals surface area contributed by atoms with Crippen LogP contribution in [-0.2, 0) is 10.8 Å². The topological polar surface area (TPSA) is 82.1 Å². The molecule has 1 unspecified atom stereocenters. The summed E-state index contributed by atoms with van der Waals surface area (Å²) in [6.07, 6.45) is 2.96. The van der Waals surface area contributed by atoms with E-state index in [1.54, 1.807) is 30.3 Å². The molecule has 26 heavy (non-hydrogen) atoms. The number of allylic oxidation sites excluding steroid dienone is 1. The smallest absolute Gasteiger partial charge is 0.189 e. The molecule has 1 aliphatic heterocycles. The first-order chi connectivity index (χ1) is 12.5. The Bertz CT molecular complexity index is 903. The zero-order valence-corrected chi connectivity index (χ0v) is 15.2. The van der Waals surface area contributed by atoms with E-state index in [-0.39, 0.29) is 11.5 Å². The molecular weight excluding hydrogens is 356 g/mol. The zero-order valence-electron chi connectivity index (χ0n) is 14.4. The molecule has 1 aliphatic rings. The Hall–Kier alpha value is -2.80. The average Bonchev–Trinajstić information content (AvgIpc) is 2.65. The lowest BCUT2D eigenvalue weighted by Gasteiger charge is -2.18. The summed E-state index contributed by atoms with van der Waals surface area (Å²) in [5.41, 5.74) is 0.963. The Balaban J connectivity index is 1.90. The molecule has 0 saturated heterocycles. The molecule has 0 aromatic heterocycles. The number of hydrogen-bond acceptors (Lipinski definition) is 6. The molecule has 0 spiro atoms. The molecule has 136 valence electrons. The van der Waals surface area contributed by atoms with E-state index < -0.39 is 10.8 Å². The number of methoxy groups -OCH3 is 2. The van der Waals surface area contributed by atoms with E-state index in [0.29, 0.717) is 45.6 Å². The Morgan fingerprint density at radius 3 is 2.65 bits per heavy atom. The van der Waals surface area contributed by atoms with Crippen molar-refractivity contribution in [3.63, 3.8) is 0 Å². The third-order valence-corrected chi connectivity index (χ3v) is 5.28.